The minimum Gasteiger partial charge on any atom is -0.370 e. The minimum atomic E-state index is -0.395. The monoisotopic (exact) mass is 369 g/mol. The van der Waals surface area contributed by atoms with Crippen LogP contribution in [-0.4, -0.2) is 34.9 Å². The number of nitrogens with one attached hydrogen (secondary N) is 1. The van der Waals surface area contributed by atoms with Gasteiger partial charge in [-0.2, -0.15) is 0 Å². The Morgan fingerprint density at radius 2 is 1.50 bits per heavy atom. The van der Waals surface area contributed by atoms with Crippen LogP contribution >= 0.6 is 12.2 Å². The molecule has 0 aliphatic heterocycles. The molecule has 0 aliphatic carbocycles. The van der Waals surface area contributed by atoms with Crippen molar-refractivity contribution < 1.29 is 9.59 Å². The van der Waals surface area contributed by atoms with Crippen LogP contribution in [0.3, 0.4) is 0 Å². The highest BCUT2D eigenvalue weighted by Gasteiger charge is 2.14. The first kappa shape index (κ1) is 19.6. The number of carbonyl (C=O) groups excluding carboxylic acids is 2. The van der Waals surface area contributed by atoms with Crippen molar-refractivity contribution in [2.24, 2.45) is 5.73 Å². The summed E-state index contributed by atoms with van der Waals surface area (Å²) < 4.78 is 0. The van der Waals surface area contributed by atoms with E-state index in [0.29, 0.717) is 18.2 Å². The maximum atomic E-state index is 12.2. The van der Waals surface area contributed by atoms with Crippen molar-refractivity contribution in [3.63, 3.8) is 0 Å². The molecule has 0 atom stereocenters. The fraction of sp³-hybridized carbons (Fsp3) is 0.250. The van der Waals surface area contributed by atoms with E-state index >= 15 is 0 Å². The van der Waals surface area contributed by atoms with E-state index in [2.05, 4.69) is 5.32 Å². The SMILES string of the molecule is NC(=O)CCN(CCc1ccccc1)C(=S)NC(=O)Cc1ccccc1. The van der Waals surface area contributed by atoms with Gasteiger partial charge < -0.3 is 16.0 Å². The molecule has 26 heavy (non-hydrogen) atoms. The summed E-state index contributed by atoms with van der Waals surface area (Å²) in [5, 5.41) is 3.08. The van der Waals surface area contributed by atoms with Gasteiger partial charge in [-0.15, -0.1) is 0 Å². The van der Waals surface area contributed by atoms with E-state index < -0.39 is 5.91 Å². The maximum Gasteiger partial charge on any atom is 0.230 e. The molecule has 0 aromatic heterocycles. The molecule has 136 valence electrons. The Morgan fingerprint density at radius 1 is 0.923 bits per heavy atom. The number of hydrogen-bond acceptors (Lipinski definition) is 3. The van der Waals surface area contributed by atoms with E-state index in [-0.39, 0.29) is 18.7 Å². The van der Waals surface area contributed by atoms with Crippen molar-refractivity contribution in [1.29, 1.82) is 0 Å². The predicted molar refractivity (Wildman–Crippen MR) is 106 cm³/mol. The highest BCUT2D eigenvalue weighted by atomic mass is 32.1. The van der Waals surface area contributed by atoms with Gasteiger partial charge in [0.2, 0.25) is 11.8 Å². The van der Waals surface area contributed by atoms with Crippen molar-refractivity contribution in [1.82, 2.24) is 10.2 Å². The molecule has 0 bridgehead atoms. The first-order chi connectivity index (χ1) is 12.5. The van der Waals surface area contributed by atoms with Crippen molar-refractivity contribution in [3.8, 4) is 0 Å². The lowest BCUT2D eigenvalue weighted by Crippen LogP contribution is -2.45. The molecule has 0 unspecified atom stereocenters. The van der Waals surface area contributed by atoms with E-state index in [1.54, 1.807) is 0 Å². The third-order valence-corrected chi connectivity index (χ3v) is 4.24. The van der Waals surface area contributed by atoms with Gasteiger partial charge in [0.1, 0.15) is 0 Å². The Balaban J connectivity index is 1.92. The molecule has 6 heteroatoms. The lowest BCUT2D eigenvalue weighted by molar-refractivity contribution is -0.119. The second-order valence-corrected chi connectivity index (χ2v) is 6.34. The summed E-state index contributed by atoms with van der Waals surface area (Å²) in [6, 6.07) is 19.4. The van der Waals surface area contributed by atoms with Crippen LogP contribution in [-0.2, 0) is 22.4 Å². The van der Waals surface area contributed by atoms with E-state index in [9.17, 15) is 9.59 Å². The number of primary amides is 1. The Morgan fingerprint density at radius 3 is 2.08 bits per heavy atom. The summed E-state index contributed by atoms with van der Waals surface area (Å²) in [5.41, 5.74) is 7.33. The van der Waals surface area contributed by atoms with E-state index in [1.807, 2.05) is 65.6 Å². The average molecular weight is 369 g/mol. The standard InChI is InChI=1S/C20H23N3O2S/c21-18(24)12-14-23(13-11-16-7-3-1-4-8-16)20(26)22-19(25)15-17-9-5-2-6-10-17/h1-10H,11-15H2,(H2,21,24)(H,22,25,26). The summed E-state index contributed by atoms with van der Waals surface area (Å²) in [6.07, 6.45) is 1.20. The highest BCUT2D eigenvalue weighted by molar-refractivity contribution is 7.80. The van der Waals surface area contributed by atoms with Gasteiger partial charge in [0.25, 0.3) is 0 Å². The molecule has 0 saturated carbocycles. The molecule has 3 N–H and O–H groups in total. The Hall–Kier alpha value is -2.73. The molecule has 2 aromatic carbocycles. The third-order valence-electron chi connectivity index (χ3n) is 3.88. The summed E-state index contributed by atoms with van der Waals surface area (Å²) in [4.78, 5) is 25.2. The predicted octanol–water partition coefficient (Wildman–Crippen LogP) is 2.05. The largest absolute Gasteiger partial charge is 0.370 e. The second kappa shape index (κ2) is 10.3. The zero-order chi connectivity index (χ0) is 18.8. The zero-order valence-electron chi connectivity index (χ0n) is 14.6. The zero-order valence-corrected chi connectivity index (χ0v) is 15.4. The molecule has 2 aromatic rings. The topological polar surface area (TPSA) is 75.4 Å². The fourth-order valence-corrected chi connectivity index (χ4v) is 2.79. The fourth-order valence-electron chi connectivity index (χ4n) is 2.49. The van der Waals surface area contributed by atoms with Gasteiger partial charge in [-0.05, 0) is 29.8 Å². The van der Waals surface area contributed by atoms with Crippen LogP contribution in [0.5, 0.6) is 0 Å². The van der Waals surface area contributed by atoms with Crippen LogP contribution < -0.4 is 11.1 Å². The second-order valence-electron chi connectivity index (χ2n) is 5.95. The average Bonchev–Trinajstić information content (AvgIpc) is 2.63. The van der Waals surface area contributed by atoms with Gasteiger partial charge in [0, 0.05) is 19.5 Å². The van der Waals surface area contributed by atoms with Gasteiger partial charge in [-0.25, -0.2) is 0 Å². The third kappa shape index (κ3) is 7.03. The lowest BCUT2D eigenvalue weighted by atomic mass is 10.1. The Labute approximate surface area is 159 Å². The number of hydrogen-bond donors (Lipinski definition) is 2. The van der Waals surface area contributed by atoms with Gasteiger partial charge in [-0.3, -0.25) is 9.59 Å². The van der Waals surface area contributed by atoms with Gasteiger partial charge in [0.05, 0.1) is 6.42 Å². The van der Waals surface area contributed by atoms with Gasteiger partial charge in [0.15, 0.2) is 5.11 Å². The Kier molecular flexibility index (Phi) is 7.76. The molecule has 0 fully saturated rings. The number of carbonyl (C=O) groups is 2. The summed E-state index contributed by atoms with van der Waals surface area (Å²) in [5.74, 6) is -0.571. The van der Waals surface area contributed by atoms with Crippen LogP contribution in [0.2, 0.25) is 0 Å². The highest BCUT2D eigenvalue weighted by Crippen LogP contribution is 2.04. The minimum absolute atomic E-state index is 0.176. The van der Waals surface area contributed by atoms with Crippen molar-refractivity contribution in [2.75, 3.05) is 13.1 Å². The molecule has 5 nitrogen and oxygen atoms in total. The van der Waals surface area contributed by atoms with E-state index in [1.165, 1.54) is 0 Å². The van der Waals surface area contributed by atoms with E-state index in [4.69, 9.17) is 18.0 Å². The molecule has 0 aliphatic rings. The summed E-state index contributed by atoms with van der Waals surface area (Å²) >= 11 is 5.38. The van der Waals surface area contributed by atoms with Crippen LogP contribution in [0.25, 0.3) is 0 Å². The number of rotatable bonds is 8. The van der Waals surface area contributed by atoms with Crippen LogP contribution in [0, 0.1) is 0 Å². The Bertz CT molecular complexity index is 735. The number of nitrogens with two attached hydrogens (primary N) is 1. The molecule has 2 rings (SSSR count). The van der Waals surface area contributed by atoms with E-state index in [0.717, 1.165) is 17.5 Å². The number of amides is 2. The first-order valence-electron chi connectivity index (χ1n) is 8.49. The molecule has 0 heterocycles. The summed E-state index contributed by atoms with van der Waals surface area (Å²) in [7, 11) is 0. The normalized spacial score (nSPS) is 10.2. The quantitative estimate of drug-likeness (QED) is 0.699. The lowest BCUT2D eigenvalue weighted by Gasteiger charge is -2.25. The van der Waals surface area contributed by atoms with Gasteiger partial charge in [-0.1, -0.05) is 60.7 Å². The van der Waals surface area contributed by atoms with Crippen LogP contribution in [0.4, 0.5) is 0 Å². The molecule has 0 spiro atoms. The smallest absolute Gasteiger partial charge is 0.230 e. The molecular formula is C20H23N3O2S. The van der Waals surface area contributed by atoms with Crippen molar-refractivity contribution in [2.45, 2.75) is 19.3 Å². The molecule has 0 saturated heterocycles. The first-order valence-corrected chi connectivity index (χ1v) is 8.90. The summed E-state index contributed by atoms with van der Waals surface area (Å²) in [6.45, 7) is 0.981. The molecule has 2 amide bonds. The van der Waals surface area contributed by atoms with Crippen molar-refractivity contribution >= 4 is 29.1 Å². The van der Waals surface area contributed by atoms with Gasteiger partial charge >= 0.3 is 0 Å². The van der Waals surface area contributed by atoms with Crippen LogP contribution in [0.15, 0.2) is 60.7 Å². The molecule has 0 radical (unpaired) electrons. The van der Waals surface area contributed by atoms with Crippen LogP contribution in [0.1, 0.15) is 17.5 Å². The number of thiocarbonyl (C=S) groups is 1. The maximum absolute atomic E-state index is 12.2. The van der Waals surface area contributed by atoms with Crippen molar-refractivity contribution in [3.05, 3.63) is 71.8 Å². The number of benzene rings is 2. The molecular weight excluding hydrogens is 346 g/mol. The number of nitrogens with zero attached hydrogens (tertiary/aromatic N) is 1.